The third kappa shape index (κ3) is 4.61. The molecular formula is C29H36N4O6S. The highest BCUT2D eigenvalue weighted by Gasteiger charge is 2.66. The van der Waals surface area contributed by atoms with Crippen molar-refractivity contribution in [1.82, 2.24) is 14.1 Å². The smallest absolute Gasteiger partial charge is 0.296 e. The van der Waals surface area contributed by atoms with E-state index in [1.54, 1.807) is 29.2 Å². The SMILES string of the molecule is CCCCN1C(=O)C2(/C(=C(/O)c3ccc(S(=O)(=O)N(C)C)cc3)C(=O)C(=O)N2CCCN(C)C)c2ccccc21. The van der Waals surface area contributed by atoms with Gasteiger partial charge in [-0.05, 0) is 63.8 Å². The molecule has 2 aliphatic rings. The zero-order chi connectivity index (χ0) is 29.4. The van der Waals surface area contributed by atoms with Gasteiger partial charge in [-0.2, -0.15) is 0 Å². The van der Waals surface area contributed by atoms with Gasteiger partial charge >= 0.3 is 0 Å². The van der Waals surface area contributed by atoms with Crippen molar-refractivity contribution in [3.63, 3.8) is 0 Å². The molecule has 10 nitrogen and oxygen atoms in total. The Morgan fingerprint density at radius 1 is 0.925 bits per heavy atom. The van der Waals surface area contributed by atoms with Gasteiger partial charge in [0.05, 0.1) is 16.2 Å². The number of fused-ring (bicyclic) bond motifs is 2. The number of likely N-dealkylation sites (tertiary alicyclic amines) is 1. The maximum absolute atomic E-state index is 14.4. The number of hydrogen-bond acceptors (Lipinski definition) is 7. The number of Topliss-reactive ketones (excluding diaryl/α,β-unsaturated/α-hetero) is 1. The average Bonchev–Trinajstić information content (AvgIpc) is 3.30. The molecule has 1 atom stereocenters. The maximum atomic E-state index is 14.4. The van der Waals surface area contributed by atoms with Crippen LogP contribution in [0.1, 0.15) is 37.3 Å². The Morgan fingerprint density at radius 2 is 1.57 bits per heavy atom. The van der Waals surface area contributed by atoms with E-state index in [0.29, 0.717) is 37.2 Å². The molecule has 4 rings (SSSR count). The van der Waals surface area contributed by atoms with E-state index in [0.717, 1.165) is 10.7 Å². The minimum atomic E-state index is -3.73. The number of carbonyl (C=O) groups excluding carboxylic acids is 3. The van der Waals surface area contributed by atoms with E-state index in [1.165, 1.54) is 43.3 Å². The Kier molecular flexibility index (Phi) is 8.21. The van der Waals surface area contributed by atoms with Crippen LogP contribution in [0, 0.1) is 0 Å². The molecule has 40 heavy (non-hydrogen) atoms. The number of ketones is 1. The predicted octanol–water partition coefficient (Wildman–Crippen LogP) is 2.61. The number of hydrogen-bond donors (Lipinski definition) is 1. The summed E-state index contributed by atoms with van der Waals surface area (Å²) < 4.78 is 26.2. The summed E-state index contributed by atoms with van der Waals surface area (Å²) in [5.41, 5.74) is -0.946. The molecule has 2 aromatic carbocycles. The number of nitrogens with zero attached hydrogens (tertiary/aromatic N) is 4. The van der Waals surface area contributed by atoms with E-state index in [1.807, 2.05) is 25.9 Å². The molecule has 1 spiro atoms. The van der Waals surface area contributed by atoms with Crippen molar-refractivity contribution in [2.75, 3.05) is 52.7 Å². The van der Waals surface area contributed by atoms with E-state index in [-0.39, 0.29) is 22.6 Å². The number of rotatable bonds is 10. The molecule has 1 unspecified atom stereocenters. The zero-order valence-electron chi connectivity index (χ0n) is 23.5. The Balaban J connectivity index is 1.95. The van der Waals surface area contributed by atoms with Gasteiger partial charge in [-0.25, -0.2) is 12.7 Å². The third-order valence-electron chi connectivity index (χ3n) is 7.44. The second-order valence-corrected chi connectivity index (χ2v) is 12.7. The highest BCUT2D eigenvalue weighted by molar-refractivity contribution is 7.89. The number of para-hydroxylation sites is 1. The lowest BCUT2D eigenvalue weighted by molar-refractivity contribution is -0.143. The number of sulfonamides is 1. The fourth-order valence-corrected chi connectivity index (χ4v) is 6.29. The van der Waals surface area contributed by atoms with Crippen molar-refractivity contribution in [3.8, 4) is 0 Å². The Bertz CT molecular complexity index is 1470. The van der Waals surface area contributed by atoms with Crippen LogP contribution in [0.5, 0.6) is 0 Å². The van der Waals surface area contributed by atoms with Gasteiger partial charge in [0.25, 0.3) is 17.6 Å². The minimum Gasteiger partial charge on any atom is -0.507 e. The van der Waals surface area contributed by atoms with Crippen LogP contribution in [0.4, 0.5) is 5.69 Å². The summed E-state index contributed by atoms with van der Waals surface area (Å²) in [6.45, 7) is 3.15. The second kappa shape index (κ2) is 11.1. The van der Waals surface area contributed by atoms with Crippen molar-refractivity contribution < 1.29 is 27.9 Å². The normalized spacial score (nSPS) is 20.4. The summed E-state index contributed by atoms with van der Waals surface area (Å²) in [4.78, 5) is 46.6. The number of carbonyl (C=O) groups is 3. The van der Waals surface area contributed by atoms with E-state index in [4.69, 9.17) is 0 Å². The summed E-state index contributed by atoms with van der Waals surface area (Å²) in [5.74, 6) is -2.79. The van der Waals surface area contributed by atoms with Crippen LogP contribution in [0.2, 0.25) is 0 Å². The molecule has 0 radical (unpaired) electrons. The van der Waals surface area contributed by atoms with Crippen molar-refractivity contribution >= 4 is 39.1 Å². The van der Waals surface area contributed by atoms with Crippen molar-refractivity contribution in [2.45, 2.75) is 36.6 Å². The summed E-state index contributed by atoms with van der Waals surface area (Å²) in [7, 11) is 2.88. The molecule has 11 heteroatoms. The molecule has 214 valence electrons. The van der Waals surface area contributed by atoms with Crippen LogP contribution in [-0.2, 0) is 29.9 Å². The lowest BCUT2D eigenvalue weighted by Crippen LogP contribution is -2.52. The molecule has 0 saturated carbocycles. The van der Waals surface area contributed by atoms with Crippen LogP contribution in [-0.4, -0.2) is 93.1 Å². The fourth-order valence-electron chi connectivity index (χ4n) is 5.39. The van der Waals surface area contributed by atoms with Gasteiger partial charge in [0, 0.05) is 38.3 Å². The molecular weight excluding hydrogens is 532 g/mol. The lowest BCUT2D eigenvalue weighted by atomic mass is 9.82. The molecule has 1 saturated heterocycles. The van der Waals surface area contributed by atoms with E-state index in [2.05, 4.69) is 0 Å². The van der Waals surface area contributed by atoms with E-state index in [9.17, 15) is 27.9 Å². The second-order valence-electron chi connectivity index (χ2n) is 10.5. The Morgan fingerprint density at radius 3 is 2.17 bits per heavy atom. The molecule has 2 aromatic rings. The van der Waals surface area contributed by atoms with E-state index < -0.39 is 38.9 Å². The Labute approximate surface area is 235 Å². The van der Waals surface area contributed by atoms with Crippen molar-refractivity contribution in [1.29, 1.82) is 0 Å². The molecule has 1 fully saturated rings. The molecule has 0 aromatic heterocycles. The van der Waals surface area contributed by atoms with Crippen LogP contribution in [0.3, 0.4) is 0 Å². The molecule has 2 amide bonds. The fraction of sp³-hybridized carbons (Fsp3) is 0.414. The number of aliphatic hydroxyl groups is 1. The molecule has 2 aliphatic heterocycles. The minimum absolute atomic E-state index is 0.000860. The van der Waals surface area contributed by atoms with Gasteiger partial charge in [-0.15, -0.1) is 0 Å². The quantitative estimate of drug-likeness (QED) is 0.266. The van der Waals surface area contributed by atoms with Crippen LogP contribution in [0.25, 0.3) is 5.76 Å². The first-order valence-corrected chi connectivity index (χ1v) is 14.7. The zero-order valence-corrected chi connectivity index (χ0v) is 24.4. The molecule has 2 heterocycles. The molecule has 0 aliphatic carbocycles. The third-order valence-corrected chi connectivity index (χ3v) is 9.27. The first kappa shape index (κ1) is 29.4. The van der Waals surface area contributed by atoms with Crippen LogP contribution < -0.4 is 4.90 Å². The standard InChI is InChI=1S/C29H36N4O6S/c1-6-7-18-32-23-12-9-8-11-22(23)29(28(32)37)24(26(35)27(36)33(29)19-10-17-30(2)3)25(34)20-13-15-21(16-14-20)40(38,39)31(4)5/h8-9,11-16,34H,6-7,10,17-19H2,1-5H3/b25-24+. The number of amides is 2. The molecule has 1 N–H and O–H groups in total. The predicted molar refractivity (Wildman–Crippen MR) is 152 cm³/mol. The average molecular weight is 569 g/mol. The van der Waals surface area contributed by atoms with Gasteiger partial charge in [0.2, 0.25) is 10.0 Å². The van der Waals surface area contributed by atoms with Gasteiger partial charge < -0.3 is 19.8 Å². The van der Waals surface area contributed by atoms with Gasteiger partial charge in [-0.1, -0.05) is 31.5 Å². The lowest BCUT2D eigenvalue weighted by Gasteiger charge is -2.34. The van der Waals surface area contributed by atoms with Gasteiger partial charge in [0.1, 0.15) is 5.76 Å². The molecule has 0 bridgehead atoms. The summed E-state index contributed by atoms with van der Waals surface area (Å²) in [5, 5.41) is 11.6. The highest BCUT2D eigenvalue weighted by atomic mass is 32.2. The maximum Gasteiger partial charge on any atom is 0.296 e. The number of benzene rings is 2. The summed E-state index contributed by atoms with van der Waals surface area (Å²) in [6.07, 6.45) is 2.05. The number of unbranched alkanes of at least 4 members (excludes halogenated alkanes) is 1. The van der Waals surface area contributed by atoms with Crippen LogP contribution >= 0.6 is 0 Å². The summed E-state index contributed by atoms with van der Waals surface area (Å²) >= 11 is 0. The first-order valence-electron chi connectivity index (χ1n) is 13.3. The van der Waals surface area contributed by atoms with Gasteiger partial charge in [-0.3, -0.25) is 14.4 Å². The Hall–Kier alpha value is -3.54. The van der Waals surface area contributed by atoms with Crippen molar-refractivity contribution in [2.24, 2.45) is 0 Å². The number of anilines is 1. The summed E-state index contributed by atoms with van der Waals surface area (Å²) in [6, 6.07) is 12.5. The topological polar surface area (TPSA) is 119 Å². The highest BCUT2D eigenvalue weighted by Crippen LogP contribution is 2.53. The number of aliphatic hydroxyl groups excluding tert-OH is 1. The first-order chi connectivity index (χ1) is 18.9. The van der Waals surface area contributed by atoms with Crippen molar-refractivity contribution in [3.05, 3.63) is 65.2 Å². The monoisotopic (exact) mass is 568 g/mol. The van der Waals surface area contributed by atoms with Crippen LogP contribution in [0.15, 0.2) is 59.0 Å². The largest absolute Gasteiger partial charge is 0.507 e. The van der Waals surface area contributed by atoms with Gasteiger partial charge in [0.15, 0.2) is 5.54 Å². The van der Waals surface area contributed by atoms with E-state index >= 15 is 0 Å².